The molecule has 3 aromatic heterocycles. The maximum Gasteiger partial charge on any atom is 0.312 e. The van der Waals surface area contributed by atoms with E-state index in [0.29, 0.717) is 18.8 Å². The van der Waals surface area contributed by atoms with Crippen molar-refractivity contribution >= 4 is 49.9 Å². The summed E-state index contributed by atoms with van der Waals surface area (Å²) in [6.07, 6.45) is 5.53. The molecule has 160 valence electrons. The molecule has 0 saturated carbocycles. The Morgan fingerprint density at radius 1 is 1.35 bits per heavy atom. The van der Waals surface area contributed by atoms with E-state index in [2.05, 4.69) is 25.5 Å². The third kappa shape index (κ3) is 3.29. The normalized spacial score (nSPS) is 18.2. The predicted octanol–water partition coefficient (Wildman–Crippen LogP) is 4.38. The van der Waals surface area contributed by atoms with Crippen LogP contribution in [0.4, 0.5) is 11.5 Å². The zero-order chi connectivity index (χ0) is 21.6. The Hall–Kier alpha value is -3.20. The number of aryl methyl sites for hydroxylation is 1. The largest absolute Gasteiger partial charge is 0.494 e. The van der Waals surface area contributed by atoms with Gasteiger partial charge in [-0.25, -0.2) is 9.97 Å². The Balaban J connectivity index is 1.55. The van der Waals surface area contributed by atoms with Crippen LogP contribution in [0, 0.1) is 5.41 Å². The monoisotopic (exact) mass is 437 g/mol. The number of nitrogens with one attached hydrogen (secondary N) is 2. The summed E-state index contributed by atoms with van der Waals surface area (Å²) in [6, 6.07) is 3.90. The maximum atomic E-state index is 12.5. The molecule has 0 amide bonds. The fourth-order valence-electron chi connectivity index (χ4n) is 4.23. The number of esters is 1. The molecular weight excluding hydrogens is 414 g/mol. The molecule has 1 aliphatic carbocycles. The van der Waals surface area contributed by atoms with Crippen molar-refractivity contribution in [3.8, 4) is 5.75 Å². The topological polar surface area (TPSA) is 102 Å². The van der Waals surface area contributed by atoms with E-state index < -0.39 is 5.41 Å². The van der Waals surface area contributed by atoms with E-state index in [9.17, 15) is 4.79 Å². The van der Waals surface area contributed by atoms with Crippen LogP contribution in [0.25, 0.3) is 21.1 Å². The number of thiophene rings is 1. The SMILES string of the molecule is CCOC(=O)[C@]1(C)CCc2c(sc3ncnc(Nc4cc5cn[nH]c5cc4OC)c23)C1. The van der Waals surface area contributed by atoms with Crippen LogP contribution < -0.4 is 10.1 Å². The van der Waals surface area contributed by atoms with E-state index in [4.69, 9.17) is 9.47 Å². The molecule has 0 saturated heterocycles. The molecule has 31 heavy (non-hydrogen) atoms. The average Bonchev–Trinajstić information content (AvgIpc) is 3.36. The minimum Gasteiger partial charge on any atom is -0.494 e. The Labute approximate surface area is 183 Å². The molecule has 5 rings (SSSR count). The van der Waals surface area contributed by atoms with E-state index in [1.165, 1.54) is 10.4 Å². The number of fused-ring (bicyclic) bond motifs is 4. The van der Waals surface area contributed by atoms with Gasteiger partial charge in [0.1, 0.15) is 22.7 Å². The molecule has 0 radical (unpaired) electrons. The molecule has 1 aromatic carbocycles. The lowest BCUT2D eigenvalue weighted by Crippen LogP contribution is -2.35. The first-order valence-electron chi connectivity index (χ1n) is 10.2. The van der Waals surface area contributed by atoms with Gasteiger partial charge in [0.15, 0.2) is 0 Å². The average molecular weight is 438 g/mol. The molecule has 9 heteroatoms. The zero-order valence-corrected chi connectivity index (χ0v) is 18.4. The fraction of sp³-hybridized carbons (Fsp3) is 0.364. The molecule has 3 heterocycles. The van der Waals surface area contributed by atoms with Crippen LogP contribution in [0.1, 0.15) is 30.7 Å². The predicted molar refractivity (Wildman–Crippen MR) is 120 cm³/mol. The highest BCUT2D eigenvalue weighted by Crippen LogP contribution is 2.45. The molecule has 4 aromatic rings. The number of rotatable bonds is 5. The van der Waals surface area contributed by atoms with Crippen LogP contribution in [-0.2, 0) is 22.4 Å². The van der Waals surface area contributed by atoms with Crippen LogP contribution in [0.5, 0.6) is 5.75 Å². The Morgan fingerprint density at radius 3 is 3.03 bits per heavy atom. The lowest BCUT2D eigenvalue weighted by atomic mass is 9.75. The number of ether oxygens (including phenoxy) is 2. The summed E-state index contributed by atoms with van der Waals surface area (Å²) in [5.41, 5.74) is 2.43. The van der Waals surface area contributed by atoms with Gasteiger partial charge >= 0.3 is 5.97 Å². The third-order valence-electron chi connectivity index (χ3n) is 5.93. The van der Waals surface area contributed by atoms with Crippen molar-refractivity contribution in [1.82, 2.24) is 20.2 Å². The summed E-state index contributed by atoms with van der Waals surface area (Å²) >= 11 is 1.63. The summed E-state index contributed by atoms with van der Waals surface area (Å²) < 4.78 is 10.9. The van der Waals surface area contributed by atoms with E-state index in [-0.39, 0.29) is 5.97 Å². The Bertz CT molecular complexity index is 1300. The van der Waals surface area contributed by atoms with Crippen molar-refractivity contribution in [1.29, 1.82) is 0 Å². The Kier molecular flexibility index (Phi) is 4.77. The molecule has 1 aliphatic rings. The summed E-state index contributed by atoms with van der Waals surface area (Å²) in [4.78, 5) is 23.7. The second-order valence-electron chi connectivity index (χ2n) is 8.00. The van der Waals surface area contributed by atoms with Crippen LogP contribution in [-0.4, -0.2) is 39.9 Å². The van der Waals surface area contributed by atoms with Crippen molar-refractivity contribution in [3.05, 3.63) is 35.1 Å². The number of benzene rings is 1. The number of anilines is 2. The summed E-state index contributed by atoms with van der Waals surface area (Å²) in [6.45, 7) is 4.24. The summed E-state index contributed by atoms with van der Waals surface area (Å²) in [5, 5.41) is 12.5. The standard InChI is InChI=1S/C22H23N5O3S/c1-4-30-21(28)22(2)6-5-13-17(9-22)31-20-18(13)19(23-11-24-20)26-15-7-12-10-25-27-14(12)8-16(15)29-3/h7-8,10-11H,4-6,9H2,1-3H3,(H,25,27)(H,23,24,26)/t22-/m1/s1. The second kappa shape index (κ2) is 7.49. The molecule has 1 atom stereocenters. The van der Waals surface area contributed by atoms with Gasteiger partial charge in [-0.15, -0.1) is 11.3 Å². The first kappa shape index (κ1) is 19.7. The Morgan fingerprint density at radius 2 is 2.23 bits per heavy atom. The number of hydrogen-bond donors (Lipinski definition) is 2. The number of aromatic nitrogens is 4. The molecule has 0 spiro atoms. The van der Waals surface area contributed by atoms with Gasteiger partial charge in [0.25, 0.3) is 0 Å². The van der Waals surface area contributed by atoms with E-state index >= 15 is 0 Å². The number of H-pyrrole nitrogens is 1. The number of methoxy groups -OCH3 is 1. The van der Waals surface area contributed by atoms with Gasteiger partial charge in [-0.1, -0.05) is 0 Å². The van der Waals surface area contributed by atoms with Gasteiger partial charge < -0.3 is 14.8 Å². The van der Waals surface area contributed by atoms with E-state index in [0.717, 1.165) is 45.5 Å². The van der Waals surface area contributed by atoms with Crippen molar-refractivity contribution < 1.29 is 14.3 Å². The molecule has 0 bridgehead atoms. The van der Waals surface area contributed by atoms with Gasteiger partial charge in [-0.05, 0) is 44.7 Å². The van der Waals surface area contributed by atoms with Gasteiger partial charge in [-0.3, -0.25) is 9.89 Å². The lowest BCUT2D eigenvalue weighted by Gasteiger charge is -2.31. The van der Waals surface area contributed by atoms with Crippen LogP contribution in [0.2, 0.25) is 0 Å². The van der Waals surface area contributed by atoms with E-state index in [1.807, 2.05) is 26.0 Å². The molecule has 2 N–H and O–H groups in total. The number of nitrogens with zero attached hydrogens (tertiary/aromatic N) is 3. The third-order valence-corrected chi connectivity index (χ3v) is 7.07. The molecular formula is C22H23N5O3S. The van der Waals surface area contributed by atoms with Gasteiger partial charge in [-0.2, -0.15) is 5.10 Å². The van der Waals surface area contributed by atoms with Crippen molar-refractivity contribution in [3.63, 3.8) is 0 Å². The second-order valence-corrected chi connectivity index (χ2v) is 9.08. The quantitative estimate of drug-likeness (QED) is 0.447. The molecule has 8 nitrogen and oxygen atoms in total. The first-order valence-corrected chi connectivity index (χ1v) is 11.0. The minimum atomic E-state index is -0.500. The number of hydrogen-bond acceptors (Lipinski definition) is 8. The van der Waals surface area contributed by atoms with Gasteiger partial charge in [0.2, 0.25) is 0 Å². The van der Waals surface area contributed by atoms with E-state index in [1.54, 1.807) is 31.0 Å². The van der Waals surface area contributed by atoms with Crippen LogP contribution in [0.3, 0.4) is 0 Å². The lowest BCUT2D eigenvalue weighted by molar-refractivity contribution is -0.155. The molecule has 0 unspecified atom stereocenters. The van der Waals surface area contributed by atoms with Crippen LogP contribution in [0.15, 0.2) is 24.7 Å². The fourth-order valence-corrected chi connectivity index (χ4v) is 5.60. The first-order chi connectivity index (χ1) is 15.0. The summed E-state index contributed by atoms with van der Waals surface area (Å²) in [7, 11) is 1.64. The minimum absolute atomic E-state index is 0.124. The van der Waals surface area contributed by atoms with Crippen molar-refractivity contribution in [2.75, 3.05) is 19.0 Å². The van der Waals surface area contributed by atoms with Gasteiger partial charge in [0.05, 0.1) is 41.9 Å². The maximum absolute atomic E-state index is 12.5. The van der Waals surface area contributed by atoms with Gasteiger partial charge in [0, 0.05) is 16.3 Å². The molecule has 0 aliphatic heterocycles. The molecule has 0 fully saturated rings. The highest BCUT2D eigenvalue weighted by atomic mass is 32.1. The smallest absolute Gasteiger partial charge is 0.312 e. The number of carbonyl (C=O) groups excluding carboxylic acids is 1. The summed E-state index contributed by atoms with van der Waals surface area (Å²) in [5.74, 6) is 1.31. The zero-order valence-electron chi connectivity index (χ0n) is 17.6. The van der Waals surface area contributed by atoms with Crippen molar-refractivity contribution in [2.45, 2.75) is 33.1 Å². The number of carbonyl (C=O) groups is 1. The highest BCUT2D eigenvalue weighted by Gasteiger charge is 2.40. The van der Waals surface area contributed by atoms with Crippen molar-refractivity contribution in [2.24, 2.45) is 5.41 Å². The van der Waals surface area contributed by atoms with Crippen LogP contribution >= 0.6 is 11.3 Å². The highest BCUT2D eigenvalue weighted by molar-refractivity contribution is 7.19. The number of aromatic amines is 1.